The molecule has 0 spiro atoms. The van der Waals surface area contributed by atoms with Gasteiger partial charge < -0.3 is 0 Å². The van der Waals surface area contributed by atoms with Gasteiger partial charge in [0.1, 0.15) is 5.69 Å². The van der Waals surface area contributed by atoms with Gasteiger partial charge in [0.2, 0.25) is 5.78 Å². The number of fused-ring (bicyclic) bond motifs is 1. The van der Waals surface area contributed by atoms with Crippen LogP contribution in [0.25, 0.3) is 5.57 Å². The van der Waals surface area contributed by atoms with E-state index in [1.54, 1.807) is 19.1 Å². The van der Waals surface area contributed by atoms with Gasteiger partial charge in [0.15, 0.2) is 5.78 Å². The Labute approximate surface area is 130 Å². The standard InChI is InChI=1S/C17H12BrNO2/c1-9-3-6-11(7-4-9)13-14(18)17(21)15-12(16(13)20)8-5-10(2)19-15/h3-8H,1-2H3. The summed E-state index contributed by atoms with van der Waals surface area (Å²) < 4.78 is 0.280. The average Bonchev–Trinajstić information content (AvgIpc) is 2.47. The van der Waals surface area contributed by atoms with Crippen LogP contribution in [0.3, 0.4) is 0 Å². The summed E-state index contributed by atoms with van der Waals surface area (Å²) in [6.07, 6.45) is 0. The summed E-state index contributed by atoms with van der Waals surface area (Å²) in [5.74, 6) is -0.420. The zero-order chi connectivity index (χ0) is 15.1. The molecule has 1 aliphatic rings. The number of carbonyl (C=O) groups is 2. The second-order valence-electron chi connectivity index (χ2n) is 5.06. The lowest BCUT2D eigenvalue weighted by atomic mass is 9.88. The van der Waals surface area contributed by atoms with Crippen molar-refractivity contribution in [3.63, 3.8) is 0 Å². The SMILES string of the molecule is Cc1ccc(C2=C(Br)C(=O)c3nc(C)ccc3C2=O)cc1. The molecular formula is C17H12BrNO2. The Morgan fingerprint density at radius 3 is 2.24 bits per heavy atom. The molecule has 0 radical (unpaired) electrons. The van der Waals surface area contributed by atoms with Gasteiger partial charge in [0, 0.05) is 11.3 Å². The Morgan fingerprint density at radius 2 is 1.57 bits per heavy atom. The van der Waals surface area contributed by atoms with Crippen molar-refractivity contribution in [3.05, 3.63) is 69.0 Å². The first-order valence-corrected chi connectivity index (χ1v) is 7.32. The Balaban J connectivity index is 2.21. The Morgan fingerprint density at radius 1 is 0.905 bits per heavy atom. The third-order valence-corrected chi connectivity index (χ3v) is 4.24. The van der Waals surface area contributed by atoms with E-state index in [2.05, 4.69) is 20.9 Å². The number of hydrogen-bond donors (Lipinski definition) is 0. The summed E-state index contributed by atoms with van der Waals surface area (Å²) >= 11 is 3.28. The molecule has 1 heterocycles. The van der Waals surface area contributed by atoms with Crippen LogP contribution in [0.2, 0.25) is 0 Å². The number of pyridine rings is 1. The molecule has 0 unspecified atom stereocenters. The van der Waals surface area contributed by atoms with Gasteiger partial charge in [-0.15, -0.1) is 0 Å². The molecule has 3 nitrogen and oxygen atoms in total. The van der Waals surface area contributed by atoms with Gasteiger partial charge in [-0.05, 0) is 47.5 Å². The molecule has 3 rings (SSSR count). The zero-order valence-electron chi connectivity index (χ0n) is 11.6. The maximum atomic E-state index is 12.7. The highest BCUT2D eigenvalue weighted by molar-refractivity contribution is 9.12. The van der Waals surface area contributed by atoms with E-state index in [-0.39, 0.29) is 21.7 Å². The number of nitrogens with zero attached hydrogens (tertiary/aromatic N) is 1. The number of rotatable bonds is 1. The quantitative estimate of drug-likeness (QED) is 0.790. The van der Waals surface area contributed by atoms with Gasteiger partial charge in [-0.3, -0.25) is 9.59 Å². The van der Waals surface area contributed by atoms with Crippen molar-refractivity contribution in [2.45, 2.75) is 13.8 Å². The normalized spacial score (nSPS) is 14.4. The fraction of sp³-hybridized carbons (Fsp3) is 0.118. The van der Waals surface area contributed by atoms with Crippen molar-refractivity contribution in [2.75, 3.05) is 0 Å². The van der Waals surface area contributed by atoms with Crippen molar-refractivity contribution in [1.29, 1.82) is 0 Å². The van der Waals surface area contributed by atoms with E-state index in [9.17, 15) is 9.59 Å². The molecular weight excluding hydrogens is 330 g/mol. The van der Waals surface area contributed by atoms with Crippen molar-refractivity contribution in [1.82, 2.24) is 4.98 Å². The molecule has 1 aromatic carbocycles. The first-order chi connectivity index (χ1) is 9.99. The fourth-order valence-electron chi connectivity index (χ4n) is 2.34. The Hall–Kier alpha value is -2.07. The van der Waals surface area contributed by atoms with Gasteiger partial charge in [-0.25, -0.2) is 4.98 Å². The summed E-state index contributed by atoms with van der Waals surface area (Å²) in [4.78, 5) is 29.3. The number of carbonyl (C=O) groups excluding carboxylic acids is 2. The van der Waals surface area contributed by atoms with Crippen LogP contribution in [0.5, 0.6) is 0 Å². The molecule has 104 valence electrons. The minimum atomic E-state index is -0.246. The van der Waals surface area contributed by atoms with Crippen LogP contribution in [-0.4, -0.2) is 16.6 Å². The summed E-state index contributed by atoms with van der Waals surface area (Å²) in [6.45, 7) is 3.77. The highest BCUT2D eigenvalue weighted by atomic mass is 79.9. The number of ketones is 2. The van der Waals surface area contributed by atoms with E-state index in [0.29, 0.717) is 16.8 Å². The average molecular weight is 342 g/mol. The second-order valence-corrected chi connectivity index (χ2v) is 5.86. The molecule has 0 fully saturated rings. The van der Waals surface area contributed by atoms with Crippen molar-refractivity contribution in [3.8, 4) is 0 Å². The number of allylic oxidation sites excluding steroid dienone is 2. The lowest BCUT2D eigenvalue weighted by molar-refractivity contribution is 0.0995. The number of Topliss-reactive ketones (excluding diaryl/α,β-unsaturated/α-hetero) is 2. The molecule has 0 saturated heterocycles. The maximum absolute atomic E-state index is 12.7. The first-order valence-electron chi connectivity index (χ1n) is 6.53. The molecule has 0 atom stereocenters. The summed E-state index contributed by atoms with van der Waals surface area (Å²) in [6, 6.07) is 11.0. The molecule has 1 aliphatic carbocycles. The molecule has 0 saturated carbocycles. The van der Waals surface area contributed by atoms with E-state index < -0.39 is 0 Å². The number of halogens is 1. The highest BCUT2D eigenvalue weighted by Gasteiger charge is 2.32. The molecule has 1 aromatic heterocycles. The third-order valence-electron chi connectivity index (χ3n) is 3.48. The van der Waals surface area contributed by atoms with Crippen molar-refractivity contribution < 1.29 is 9.59 Å². The molecule has 0 aliphatic heterocycles. The zero-order valence-corrected chi connectivity index (χ0v) is 13.2. The van der Waals surface area contributed by atoms with E-state index in [1.807, 2.05) is 31.2 Å². The van der Waals surface area contributed by atoms with Gasteiger partial charge >= 0.3 is 0 Å². The molecule has 0 bridgehead atoms. The molecule has 0 N–H and O–H groups in total. The Bertz CT molecular complexity index is 804. The topological polar surface area (TPSA) is 47.0 Å². The largest absolute Gasteiger partial charge is 0.288 e. The molecule has 0 amide bonds. The van der Waals surface area contributed by atoms with Crippen LogP contribution in [0.4, 0.5) is 0 Å². The van der Waals surface area contributed by atoms with Crippen molar-refractivity contribution in [2.24, 2.45) is 0 Å². The highest BCUT2D eigenvalue weighted by Crippen LogP contribution is 2.34. The summed E-state index contributed by atoms with van der Waals surface area (Å²) in [5.41, 5.74) is 3.54. The lowest BCUT2D eigenvalue weighted by Crippen LogP contribution is -2.21. The minimum absolute atomic E-state index is 0.173. The number of aryl methyl sites for hydroxylation is 2. The summed E-state index contributed by atoms with van der Waals surface area (Å²) in [5, 5.41) is 0. The van der Waals surface area contributed by atoms with Crippen LogP contribution >= 0.6 is 15.9 Å². The fourth-order valence-corrected chi connectivity index (χ4v) is 2.94. The predicted molar refractivity (Wildman–Crippen MR) is 84.7 cm³/mol. The van der Waals surface area contributed by atoms with Crippen LogP contribution < -0.4 is 0 Å². The third kappa shape index (κ3) is 2.25. The van der Waals surface area contributed by atoms with Crippen LogP contribution in [-0.2, 0) is 0 Å². The molecule has 2 aromatic rings. The van der Waals surface area contributed by atoms with Gasteiger partial charge in [0.05, 0.1) is 10.0 Å². The van der Waals surface area contributed by atoms with E-state index >= 15 is 0 Å². The van der Waals surface area contributed by atoms with Crippen LogP contribution in [0.1, 0.15) is 37.7 Å². The lowest BCUT2D eigenvalue weighted by Gasteiger charge is -2.18. The second kappa shape index (κ2) is 5.04. The molecule has 4 heteroatoms. The maximum Gasteiger partial charge on any atom is 0.219 e. The number of benzene rings is 1. The van der Waals surface area contributed by atoms with Gasteiger partial charge in [0.25, 0.3) is 0 Å². The number of aromatic nitrogens is 1. The smallest absolute Gasteiger partial charge is 0.219 e. The van der Waals surface area contributed by atoms with Crippen molar-refractivity contribution >= 4 is 33.1 Å². The van der Waals surface area contributed by atoms with E-state index in [4.69, 9.17) is 0 Å². The van der Waals surface area contributed by atoms with E-state index in [0.717, 1.165) is 11.1 Å². The monoisotopic (exact) mass is 341 g/mol. The van der Waals surface area contributed by atoms with Gasteiger partial charge in [-0.1, -0.05) is 29.8 Å². The van der Waals surface area contributed by atoms with Crippen LogP contribution in [0.15, 0.2) is 40.9 Å². The van der Waals surface area contributed by atoms with Gasteiger partial charge in [-0.2, -0.15) is 0 Å². The molecule has 21 heavy (non-hydrogen) atoms. The van der Waals surface area contributed by atoms with Crippen LogP contribution in [0, 0.1) is 13.8 Å². The first kappa shape index (κ1) is 13.9. The predicted octanol–water partition coefficient (Wildman–Crippen LogP) is 3.88. The van der Waals surface area contributed by atoms with E-state index in [1.165, 1.54) is 0 Å². The summed E-state index contributed by atoms with van der Waals surface area (Å²) in [7, 11) is 0. The number of hydrogen-bond acceptors (Lipinski definition) is 3. The minimum Gasteiger partial charge on any atom is -0.288 e. The Kier molecular flexibility index (Phi) is 3.33.